The number of rotatable bonds is 5. The average molecular weight is 395 g/mol. The Hall–Kier alpha value is -3.15. The summed E-state index contributed by atoms with van der Waals surface area (Å²) < 4.78 is 7.40. The topological polar surface area (TPSA) is 93.4 Å². The van der Waals surface area contributed by atoms with E-state index in [0.717, 1.165) is 11.3 Å². The lowest BCUT2D eigenvalue weighted by Crippen LogP contribution is -2.03. The fourth-order valence-electron chi connectivity index (χ4n) is 2.43. The molecule has 0 amide bonds. The summed E-state index contributed by atoms with van der Waals surface area (Å²) in [7, 11) is 0. The molecule has 0 aliphatic carbocycles. The summed E-state index contributed by atoms with van der Waals surface area (Å²) in [5, 5.41) is 19.3. The molecular weight excluding hydrogens is 384 g/mol. The third-order valence-electron chi connectivity index (χ3n) is 3.65. The van der Waals surface area contributed by atoms with Crippen molar-refractivity contribution in [1.82, 2.24) is 24.7 Å². The van der Waals surface area contributed by atoms with E-state index >= 15 is 0 Å². The van der Waals surface area contributed by atoms with Gasteiger partial charge >= 0.3 is 0 Å². The van der Waals surface area contributed by atoms with Crippen LogP contribution in [0.5, 0.6) is 0 Å². The van der Waals surface area contributed by atoms with E-state index in [1.165, 1.54) is 11.8 Å². The van der Waals surface area contributed by atoms with Crippen LogP contribution in [0.4, 0.5) is 0 Å². The molecule has 4 heterocycles. The molecule has 0 N–H and O–H groups in total. The van der Waals surface area contributed by atoms with Crippen molar-refractivity contribution in [2.75, 3.05) is 0 Å². The van der Waals surface area contributed by atoms with Crippen molar-refractivity contribution in [3.63, 3.8) is 0 Å². The molecule has 7 nitrogen and oxygen atoms in total. The van der Waals surface area contributed by atoms with Crippen LogP contribution in [0.1, 0.15) is 11.5 Å². The lowest BCUT2D eigenvalue weighted by atomic mass is 10.2. The number of nitrogens with zero attached hydrogens (tertiary/aromatic N) is 6. The van der Waals surface area contributed by atoms with Crippen molar-refractivity contribution in [2.24, 2.45) is 0 Å². The fourth-order valence-corrected chi connectivity index (χ4v) is 3.38. The number of aromatic nitrogens is 5. The lowest BCUT2D eigenvalue weighted by molar-refractivity contribution is 0.485. The number of nitriles is 1. The van der Waals surface area contributed by atoms with Gasteiger partial charge in [0, 0.05) is 18.0 Å². The standard InChI is InChI=1S/C18H11ClN6OS/c19-14-5-6-16(22-15(14)9-20)27-18-24-23-17(12-3-1-7-21-10-12)25(18)11-13-4-2-8-26-13/h1-8,10H,11H2. The summed E-state index contributed by atoms with van der Waals surface area (Å²) in [6.07, 6.45) is 5.05. The second-order valence-corrected chi connectivity index (χ2v) is 6.80. The van der Waals surface area contributed by atoms with E-state index in [1.54, 1.807) is 30.8 Å². The quantitative estimate of drug-likeness (QED) is 0.504. The van der Waals surface area contributed by atoms with E-state index in [-0.39, 0.29) is 5.69 Å². The van der Waals surface area contributed by atoms with E-state index in [0.29, 0.717) is 27.6 Å². The van der Waals surface area contributed by atoms with Gasteiger partial charge in [-0.3, -0.25) is 9.55 Å². The highest BCUT2D eigenvalue weighted by atomic mass is 35.5. The zero-order valence-electron chi connectivity index (χ0n) is 13.8. The molecule has 0 aliphatic heterocycles. The molecule has 27 heavy (non-hydrogen) atoms. The number of halogens is 1. The van der Waals surface area contributed by atoms with E-state index in [2.05, 4.69) is 20.2 Å². The monoisotopic (exact) mass is 394 g/mol. The van der Waals surface area contributed by atoms with Gasteiger partial charge in [-0.25, -0.2) is 4.98 Å². The van der Waals surface area contributed by atoms with Gasteiger partial charge in [-0.05, 0) is 48.2 Å². The van der Waals surface area contributed by atoms with E-state index < -0.39 is 0 Å². The number of pyridine rings is 2. The molecule has 0 aromatic carbocycles. The van der Waals surface area contributed by atoms with E-state index in [4.69, 9.17) is 21.3 Å². The Morgan fingerprint density at radius 3 is 2.85 bits per heavy atom. The third kappa shape index (κ3) is 3.69. The number of hydrogen-bond donors (Lipinski definition) is 0. The van der Waals surface area contributed by atoms with E-state index in [1.807, 2.05) is 34.9 Å². The summed E-state index contributed by atoms with van der Waals surface area (Å²) in [5.41, 5.74) is 1.01. The molecule has 0 spiro atoms. The molecule has 9 heteroatoms. The molecule has 0 unspecified atom stereocenters. The zero-order chi connectivity index (χ0) is 18.6. The van der Waals surface area contributed by atoms with Crippen LogP contribution in [0.2, 0.25) is 5.02 Å². The van der Waals surface area contributed by atoms with Crippen molar-refractivity contribution in [3.8, 4) is 17.5 Å². The highest BCUT2D eigenvalue weighted by molar-refractivity contribution is 7.99. The Morgan fingerprint density at radius 2 is 2.11 bits per heavy atom. The molecule has 0 saturated heterocycles. The zero-order valence-corrected chi connectivity index (χ0v) is 15.4. The molecule has 0 fully saturated rings. The summed E-state index contributed by atoms with van der Waals surface area (Å²) >= 11 is 7.26. The van der Waals surface area contributed by atoms with Gasteiger partial charge in [0.25, 0.3) is 0 Å². The fraction of sp³-hybridized carbons (Fsp3) is 0.0556. The van der Waals surface area contributed by atoms with Gasteiger partial charge in [-0.1, -0.05) is 11.6 Å². The number of hydrogen-bond acceptors (Lipinski definition) is 7. The van der Waals surface area contributed by atoms with Crippen LogP contribution in [0.15, 0.2) is 69.7 Å². The first-order valence-corrected chi connectivity index (χ1v) is 9.04. The van der Waals surface area contributed by atoms with Gasteiger partial charge in [0.2, 0.25) is 0 Å². The molecule has 4 aromatic rings. The first-order chi connectivity index (χ1) is 13.2. The first kappa shape index (κ1) is 17.3. The summed E-state index contributed by atoms with van der Waals surface area (Å²) in [6.45, 7) is 0.450. The molecule has 4 aromatic heterocycles. The van der Waals surface area contributed by atoms with Gasteiger partial charge in [0.05, 0.1) is 17.8 Å². The predicted octanol–water partition coefficient (Wildman–Crippen LogP) is 4.05. The van der Waals surface area contributed by atoms with E-state index in [9.17, 15) is 0 Å². The predicted molar refractivity (Wildman–Crippen MR) is 99.1 cm³/mol. The van der Waals surface area contributed by atoms with Gasteiger partial charge in [-0.2, -0.15) is 5.26 Å². The maximum atomic E-state index is 9.13. The Bertz CT molecular complexity index is 1100. The molecule has 0 radical (unpaired) electrons. The van der Waals surface area contributed by atoms with Crippen molar-refractivity contribution < 1.29 is 4.42 Å². The molecular formula is C18H11ClN6OS. The maximum absolute atomic E-state index is 9.13. The number of furan rings is 1. The van der Waals surface area contributed by atoms with Gasteiger partial charge in [-0.15, -0.1) is 10.2 Å². The minimum atomic E-state index is 0.172. The average Bonchev–Trinajstić information content (AvgIpc) is 3.35. The first-order valence-electron chi connectivity index (χ1n) is 7.85. The van der Waals surface area contributed by atoms with Crippen LogP contribution < -0.4 is 0 Å². The Labute approximate surface area is 163 Å². The summed E-state index contributed by atoms with van der Waals surface area (Å²) in [4.78, 5) is 8.41. The second kappa shape index (κ2) is 7.61. The second-order valence-electron chi connectivity index (χ2n) is 5.41. The van der Waals surface area contributed by atoms with Crippen molar-refractivity contribution in [3.05, 3.63) is 71.5 Å². The third-order valence-corrected chi connectivity index (χ3v) is 4.88. The summed E-state index contributed by atoms with van der Waals surface area (Å²) in [6, 6.07) is 12.8. The SMILES string of the molecule is N#Cc1nc(Sc2nnc(-c3cccnc3)n2Cc2ccco2)ccc1Cl. The van der Waals surface area contributed by atoms with Crippen LogP contribution >= 0.6 is 23.4 Å². The molecule has 0 atom stereocenters. The van der Waals surface area contributed by atoms with Gasteiger partial charge in [0.1, 0.15) is 16.9 Å². The van der Waals surface area contributed by atoms with Crippen molar-refractivity contribution in [2.45, 2.75) is 16.7 Å². The molecule has 0 saturated carbocycles. The minimum absolute atomic E-state index is 0.172. The molecule has 0 aliphatic rings. The highest BCUT2D eigenvalue weighted by Crippen LogP contribution is 2.30. The highest BCUT2D eigenvalue weighted by Gasteiger charge is 2.17. The van der Waals surface area contributed by atoms with Crippen molar-refractivity contribution in [1.29, 1.82) is 5.26 Å². The molecule has 4 rings (SSSR count). The largest absolute Gasteiger partial charge is 0.467 e. The van der Waals surface area contributed by atoms with Crippen molar-refractivity contribution >= 4 is 23.4 Å². The van der Waals surface area contributed by atoms with Crippen LogP contribution in [-0.4, -0.2) is 24.7 Å². The minimum Gasteiger partial charge on any atom is -0.467 e. The normalized spacial score (nSPS) is 10.7. The molecule has 0 bridgehead atoms. The molecule has 132 valence electrons. The summed E-state index contributed by atoms with van der Waals surface area (Å²) in [5.74, 6) is 1.43. The Morgan fingerprint density at radius 1 is 1.19 bits per heavy atom. The van der Waals surface area contributed by atoms with Crippen LogP contribution in [0.25, 0.3) is 11.4 Å². The Balaban J connectivity index is 1.74. The smallest absolute Gasteiger partial charge is 0.198 e. The maximum Gasteiger partial charge on any atom is 0.198 e. The van der Waals surface area contributed by atoms with Crippen LogP contribution in [0.3, 0.4) is 0 Å². The van der Waals surface area contributed by atoms with Gasteiger partial charge < -0.3 is 4.42 Å². The lowest BCUT2D eigenvalue weighted by Gasteiger charge is -2.08. The van der Waals surface area contributed by atoms with Gasteiger partial charge in [0.15, 0.2) is 16.7 Å². The Kier molecular flexibility index (Phi) is 4.87. The van der Waals surface area contributed by atoms with Crippen LogP contribution in [0, 0.1) is 11.3 Å². The van der Waals surface area contributed by atoms with Crippen LogP contribution in [-0.2, 0) is 6.54 Å².